The molecular formula is C19H12F4N10O. The van der Waals surface area contributed by atoms with Crippen molar-refractivity contribution in [3.63, 3.8) is 0 Å². The molecule has 1 aliphatic heterocycles. The van der Waals surface area contributed by atoms with Gasteiger partial charge in [0.2, 0.25) is 5.95 Å². The van der Waals surface area contributed by atoms with E-state index in [0.29, 0.717) is 0 Å². The summed E-state index contributed by atoms with van der Waals surface area (Å²) in [5.41, 5.74) is -3.20. The van der Waals surface area contributed by atoms with Crippen LogP contribution in [0.25, 0.3) is 11.5 Å². The van der Waals surface area contributed by atoms with Crippen molar-refractivity contribution < 1.29 is 22.4 Å². The SMILES string of the molecule is CC1(C(F)(F)F)CN(C(=O)Nc2cnc(-n3nccn3)c(C#N)c2)c2cnc3cc(F)nn3c21. The minimum absolute atomic E-state index is 0.0198. The van der Waals surface area contributed by atoms with Gasteiger partial charge >= 0.3 is 12.2 Å². The smallest absolute Gasteiger partial charge is 0.306 e. The number of hydrogen-bond donors (Lipinski definition) is 1. The molecule has 1 N–H and O–H groups in total. The number of aromatic nitrogens is 7. The summed E-state index contributed by atoms with van der Waals surface area (Å²) in [6.45, 7) is 0.104. The average Bonchev–Trinajstić information content (AvgIpc) is 3.50. The molecule has 0 radical (unpaired) electrons. The largest absolute Gasteiger partial charge is 0.401 e. The maximum Gasteiger partial charge on any atom is 0.401 e. The number of pyridine rings is 1. The number of fused-ring (bicyclic) bond motifs is 3. The Bertz CT molecular complexity index is 1470. The van der Waals surface area contributed by atoms with Crippen LogP contribution in [-0.4, -0.2) is 53.3 Å². The molecule has 1 unspecified atom stereocenters. The van der Waals surface area contributed by atoms with E-state index in [2.05, 4.69) is 30.6 Å². The normalized spacial score (nSPS) is 17.6. The quantitative estimate of drug-likeness (QED) is 0.444. The van der Waals surface area contributed by atoms with E-state index in [1.54, 1.807) is 0 Å². The summed E-state index contributed by atoms with van der Waals surface area (Å²) in [5.74, 6) is -0.899. The fourth-order valence-corrected chi connectivity index (χ4v) is 3.78. The van der Waals surface area contributed by atoms with Crippen molar-refractivity contribution in [1.29, 1.82) is 5.26 Å². The zero-order valence-corrected chi connectivity index (χ0v) is 17.1. The second-order valence-electron chi connectivity index (χ2n) is 7.60. The van der Waals surface area contributed by atoms with Gasteiger partial charge in [0, 0.05) is 12.6 Å². The number of nitrogens with zero attached hydrogens (tertiary/aromatic N) is 9. The van der Waals surface area contributed by atoms with E-state index in [-0.39, 0.29) is 28.4 Å². The van der Waals surface area contributed by atoms with Crippen LogP contribution in [0.5, 0.6) is 0 Å². The first kappa shape index (κ1) is 21.2. The highest BCUT2D eigenvalue weighted by atomic mass is 19.4. The molecule has 0 aliphatic carbocycles. The standard InChI is InChI=1S/C19H12F4N10O/c1-18(19(21,22)23)9-31(12-8-25-14-5-13(20)30-32(14)15(12)18)17(34)29-11-4-10(6-24)16(26-7-11)33-27-2-3-28-33/h2-5,7-8H,9H2,1H3,(H,29,34). The van der Waals surface area contributed by atoms with Crippen LogP contribution < -0.4 is 10.2 Å². The number of urea groups is 1. The summed E-state index contributed by atoms with van der Waals surface area (Å²) < 4.78 is 56.8. The van der Waals surface area contributed by atoms with Gasteiger partial charge in [-0.15, -0.1) is 9.90 Å². The van der Waals surface area contributed by atoms with Gasteiger partial charge in [0.25, 0.3) is 0 Å². The van der Waals surface area contributed by atoms with Crippen LogP contribution in [0, 0.1) is 17.3 Å². The number of hydrogen-bond acceptors (Lipinski definition) is 7. The Morgan fingerprint density at radius 3 is 2.62 bits per heavy atom. The van der Waals surface area contributed by atoms with Gasteiger partial charge in [-0.2, -0.15) is 33.0 Å². The molecule has 34 heavy (non-hydrogen) atoms. The number of nitriles is 1. The molecule has 15 heteroatoms. The van der Waals surface area contributed by atoms with Gasteiger partial charge in [0.1, 0.15) is 17.0 Å². The third-order valence-corrected chi connectivity index (χ3v) is 5.44. The van der Waals surface area contributed by atoms with E-state index in [9.17, 15) is 27.6 Å². The maximum atomic E-state index is 14.1. The minimum Gasteiger partial charge on any atom is -0.306 e. The molecule has 0 bridgehead atoms. The van der Waals surface area contributed by atoms with Crippen LogP contribution in [0.1, 0.15) is 18.2 Å². The third kappa shape index (κ3) is 3.10. The molecule has 172 valence electrons. The average molecular weight is 472 g/mol. The number of alkyl halides is 3. The number of rotatable bonds is 2. The van der Waals surface area contributed by atoms with E-state index in [1.165, 1.54) is 24.7 Å². The zero-order chi connectivity index (χ0) is 24.3. The van der Waals surface area contributed by atoms with Crippen LogP contribution in [0.4, 0.5) is 33.7 Å². The summed E-state index contributed by atoms with van der Waals surface area (Å²) in [7, 11) is 0. The Kier molecular flexibility index (Phi) is 4.50. The molecule has 0 fully saturated rings. The maximum absolute atomic E-state index is 14.1. The van der Waals surface area contributed by atoms with Crippen molar-refractivity contribution in [3.05, 3.63) is 54.1 Å². The predicted octanol–water partition coefficient (Wildman–Crippen LogP) is 2.59. The monoisotopic (exact) mass is 472 g/mol. The van der Waals surface area contributed by atoms with Gasteiger partial charge in [-0.1, -0.05) is 0 Å². The second-order valence-corrected chi connectivity index (χ2v) is 7.60. The van der Waals surface area contributed by atoms with E-state index >= 15 is 0 Å². The van der Waals surface area contributed by atoms with Crippen molar-refractivity contribution in [2.45, 2.75) is 18.5 Å². The first-order valence-electron chi connectivity index (χ1n) is 9.59. The topological polar surface area (TPSA) is 130 Å². The van der Waals surface area contributed by atoms with Crippen LogP contribution in [0.3, 0.4) is 0 Å². The molecular weight excluding hydrogens is 460 g/mol. The zero-order valence-electron chi connectivity index (χ0n) is 17.1. The van der Waals surface area contributed by atoms with Crippen LogP contribution in [0.2, 0.25) is 0 Å². The number of carbonyl (C=O) groups is 1. The second kappa shape index (κ2) is 7.20. The van der Waals surface area contributed by atoms with Gasteiger partial charge in [-0.3, -0.25) is 4.90 Å². The number of halogens is 4. The van der Waals surface area contributed by atoms with Gasteiger partial charge in [-0.05, 0) is 13.0 Å². The summed E-state index contributed by atoms with van der Waals surface area (Å²) in [5, 5.41) is 23.1. The van der Waals surface area contributed by atoms with Crippen molar-refractivity contribution in [2.75, 3.05) is 16.8 Å². The van der Waals surface area contributed by atoms with Gasteiger partial charge in [0.05, 0.1) is 41.9 Å². The summed E-state index contributed by atoms with van der Waals surface area (Å²) in [4.78, 5) is 23.0. The lowest BCUT2D eigenvalue weighted by Crippen LogP contribution is -2.46. The molecule has 11 nitrogen and oxygen atoms in total. The summed E-state index contributed by atoms with van der Waals surface area (Å²) in [6, 6.07) is 3.15. The Morgan fingerprint density at radius 2 is 1.94 bits per heavy atom. The molecule has 0 spiro atoms. The van der Waals surface area contributed by atoms with Crippen molar-refractivity contribution in [1.82, 2.24) is 34.6 Å². The number of amides is 2. The highest BCUT2D eigenvalue weighted by Crippen LogP contribution is 2.49. The first-order valence-corrected chi connectivity index (χ1v) is 9.59. The fraction of sp³-hybridized carbons (Fsp3) is 0.211. The number of carbonyl (C=O) groups excluding carboxylic acids is 1. The molecule has 5 rings (SSSR count). The molecule has 2 amide bonds. The summed E-state index contributed by atoms with van der Waals surface area (Å²) >= 11 is 0. The van der Waals surface area contributed by atoms with Crippen molar-refractivity contribution >= 4 is 23.1 Å². The van der Waals surface area contributed by atoms with Crippen molar-refractivity contribution in [3.8, 4) is 11.9 Å². The molecule has 0 aromatic carbocycles. The third-order valence-electron chi connectivity index (χ3n) is 5.44. The van der Waals surface area contributed by atoms with E-state index in [1.807, 2.05) is 6.07 Å². The lowest BCUT2D eigenvalue weighted by molar-refractivity contribution is -0.181. The van der Waals surface area contributed by atoms with Crippen LogP contribution in [-0.2, 0) is 5.41 Å². The van der Waals surface area contributed by atoms with Crippen LogP contribution in [0.15, 0.2) is 36.9 Å². The molecule has 0 saturated carbocycles. The highest BCUT2D eigenvalue weighted by Gasteiger charge is 2.60. The predicted molar refractivity (Wildman–Crippen MR) is 107 cm³/mol. The Balaban J connectivity index is 1.53. The van der Waals surface area contributed by atoms with Crippen molar-refractivity contribution in [2.24, 2.45) is 0 Å². The lowest BCUT2D eigenvalue weighted by Gasteiger charge is -2.28. The van der Waals surface area contributed by atoms with E-state index < -0.39 is 35.8 Å². The van der Waals surface area contributed by atoms with E-state index in [0.717, 1.165) is 33.4 Å². The molecule has 4 aromatic heterocycles. The highest BCUT2D eigenvalue weighted by molar-refractivity contribution is 6.03. The molecule has 0 saturated heterocycles. The fourth-order valence-electron chi connectivity index (χ4n) is 3.78. The molecule has 1 atom stereocenters. The van der Waals surface area contributed by atoms with Gasteiger partial charge in [-0.25, -0.2) is 19.3 Å². The van der Waals surface area contributed by atoms with Gasteiger partial charge in [0.15, 0.2) is 11.5 Å². The van der Waals surface area contributed by atoms with E-state index in [4.69, 9.17) is 0 Å². The molecule has 5 heterocycles. The number of anilines is 2. The Hall–Kier alpha value is -4.61. The lowest BCUT2D eigenvalue weighted by atomic mass is 9.88. The molecule has 4 aromatic rings. The van der Waals surface area contributed by atoms with Crippen LogP contribution >= 0.6 is 0 Å². The minimum atomic E-state index is -4.79. The summed E-state index contributed by atoms with van der Waals surface area (Å²) in [6.07, 6.45) is 0.256. The Morgan fingerprint density at radius 1 is 1.21 bits per heavy atom. The van der Waals surface area contributed by atoms with Gasteiger partial charge < -0.3 is 5.32 Å². The Labute approximate surface area is 187 Å². The molecule has 1 aliphatic rings. The number of nitrogens with one attached hydrogen (secondary N) is 1. The first-order chi connectivity index (χ1) is 16.1.